The van der Waals surface area contributed by atoms with E-state index in [1.54, 1.807) is 0 Å². The van der Waals surface area contributed by atoms with E-state index in [2.05, 4.69) is 6.92 Å². The summed E-state index contributed by atoms with van der Waals surface area (Å²) < 4.78 is 12.8. The van der Waals surface area contributed by atoms with Crippen LogP contribution in [-0.2, 0) is 0 Å². The van der Waals surface area contributed by atoms with Crippen LogP contribution in [0.3, 0.4) is 0 Å². The van der Waals surface area contributed by atoms with Gasteiger partial charge >= 0.3 is 0 Å². The van der Waals surface area contributed by atoms with Crippen molar-refractivity contribution >= 4 is 11.8 Å². The van der Waals surface area contributed by atoms with E-state index >= 15 is 0 Å². The molecule has 14 heavy (non-hydrogen) atoms. The quantitative estimate of drug-likeness (QED) is 0.628. The van der Waals surface area contributed by atoms with Crippen molar-refractivity contribution in [1.29, 1.82) is 0 Å². The number of benzene rings is 1. The molecule has 4 heteroatoms. The molecule has 0 fully saturated rings. The molecule has 0 aliphatic carbocycles. The summed E-state index contributed by atoms with van der Waals surface area (Å²) in [6.07, 6.45) is 0. The first kappa shape index (κ1) is 8.87. The van der Waals surface area contributed by atoms with Crippen molar-refractivity contribution in [2.24, 2.45) is 0 Å². The molecular weight excluding hydrogens is 185 g/mol. The number of nitrogens with zero attached hydrogens (tertiary/aromatic N) is 1. The predicted octanol–water partition coefficient (Wildman–Crippen LogP) is 1.26. The van der Waals surface area contributed by atoms with E-state index in [-0.39, 0.29) is 17.7 Å². The molecule has 0 saturated carbocycles. The van der Waals surface area contributed by atoms with Crippen molar-refractivity contribution in [2.75, 3.05) is 6.54 Å². The number of halogens is 1. The third-order valence-electron chi connectivity index (χ3n) is 2.16. The smallest absolute Gasteiger partial charge is 0.261 e. The molecule has 0 N–H and O–H groups in total. The van der Waals surface area contributed by atoms with Gasteiger partial charge in [-0.05, 0) is 25.1 Å². The SMILES string of the molecule is [CH2]CN1C(=O)c2ccc(F)cc2C1=O. The summed E-state index contributed by atoms with van der Waals surface area (Å²) in [6.45, 7) is 3.53. The van der Waals surface area contributed by atoms with Crippen LogP contribution >= 0.6 is 0 Å². The predicted molar refractivity (Wildman–Crippen MR) is 47.1 cm³/mol. The zero-order valence-corrected chi connectivity index (χ0v) is 7.29. The normalized spacial score (nSPS) is 14.9. The van der Waals surface area contributed by atoms with Crippen LogP contribution in [0.1, 0.15) is 20.7 Å². The molecule has 71 valence electrons. The molecule has 0 spiro atoms. The van der Waals surface area contributed by atoms with Gasteiger partial charge in [-0.3, -0.25) is 14.5 Å². The molecule has 3 nitrogen and oxygen atoms in total. The standard InChI is InChI=1S/C10H7FNO2/c1-2-12-9(13)7-4-3-6(11)5-8(7)10(12)14/h3-5H,1-2H2. The molecule has 0 unspecified atom stereocenters. The highest BCUT2D eigenvalue weighted by molar-refractivity contribution is 6.21. The third kappa shape index (κ3) is 1.04. The maximum Gasteiger partial charge on any atom is 0.261 e. The topological polar surface area (TPSA) is 37.4 Å². The van der Waals surface area contributed by atoms with Crippen molar-refractivity contribution < 1.29 is 14.0 Å². The van der Waals surface area contributed by atoms with E-state index < -0.39 is 17.6 Å². The van der Waals surface area contributed by atoms with Crippen LogP contribution in [0.25, 0.3) is 0 Å². The van der Waals surface area contributed by atoms with Gasteiger partial charge in [-0.15, -0.1) is 0 Å². The molecular formula is C10H7FNO2. The van der Waals surface area contributed by atoms with E-state index in [1.807, 2.05) is 0 Å². The van der Waals surface area contributed by atoms with Gasteiger partial charge in [0.05, 0.1) is 11.1 Å². The molecule has 1 aliphatic rings. The second kappa shape index (κ2) is 2.90. The molecule has 1 aromatic carbocycles. The molecule has 2 rings (SSSR count). The number of hydrogen-bond donors (Lipinski definition) is 0. The lowest BCUT2D eigenvalue weighted by Crippen LogP contribution is -2.29. The van der Waals surface area contributed by atoms with Gasteiger partial charge in [0.1, 0.15) is 5.82 Å². The van der Waals surface area contributed by atoms with Crippen molar-refractivity contribution in [3.05, 3.63) is 42.1 Å². The van der Waals surface area contributed by atoms with Gasteiger partial charge in [0.15, 0.2) is 0 Å². The van der Waals surface area contributed by atoms with Gasteiger partial charge in [-0.2, -0.15) is 0 Å². The maximum absolute atomic E-state index is 12.8. The van der Waals surface area contributed by atoms with Gasteiger partial charge in [-0.25, -0.2) is 4.39 Å². The van der Waals surface area contributed by atoms with E-state index in [0.29, 0.717) is 0 Å². The Morgan fingerprint density at radius 3 is 2.50 bits per heavy atom. The molecule has 1 heterocycles. The molecule has 0 atom stereocenters. The molecule has 0 aromatic heterocycles. The summed E-state index contributed by atoms with van der Waals surface area (Å²) in [7, 11) is 0. The largest absolute Gasteiger partial charge is 0.274 e. The first-order valence-corrected chi connectivity index (χ1v) is 4.10. The monoisotopic (exact) mass is 192 g/mol. The zero-order chi connectivity index (χ0) is 10.3. The summed E-state index contributed by atoms with van der Waals surface area (Å²) >= 11 is 0. The fraction of sp³-hybridized carbons (Fsp3) is 0.100. The first-order chi connectivity index (χ1) is 6.65. The van der Waals surface area contributed by atoms with Crippen LogP contribution in [0.2, 0.25) is 0 Å². The number of amides is 2. The van der Waals surface area contributed by atoms with Crippen molar-refractivity contribution in [1.82, 2.24) is 4.90 Å². The summed E-state index contributed by atoms with van der Waals surface area (Å²) in [6, 6.07) is 3.56. The Bertz CT molecular complexity index is 428. The Morgan fingerprint density at radius 2 is 1.86 bits per heavy atom. The zero-order valence-electron chi connectivity index (χ0n) is 7.29. The Hall–Kier alpha value is -1.71. The average Bonchev–Trinajstić information content (AvgIpc) is 2.39. The summed E-state index contributed by atoms with van der Waals surface area (Å²) in [5.41, 5.74) is 0.374. The minimum absolute atomic E-state index is 0.0635. The molecule has 1 aliphatic heterocycles. The number of hydrogen-bond acceptors (Lipinski definition) is 2. The number of fused-ring (bicyclic) bond motifs is 1. The molecule has 0 saturated heterocycles. The minimum atomic E-state index is -0.518. The molecule has 0 bridgehead atoms. The van der Waals surface area contributed by atoms with E-state index in [9.17, 15) is 14.0 Å². The summed E-state index contributed by atoms with van der Waals surface area (Å²) in [4.78, 5) is 24.0. The van der Waals surface area contributed by atoms with Gasteiger partial charge < -0.3 is 0 Å². The number of imide groups is 1. The summed E-state index contributed by atoms with van der Waals surface area (Å²) in [5, 5.41) is 0. The summed E-state index contributed by atoms with van der Waals surface area (Å²) in [5.74, 6) is -1.39. The van der Waals surface area contributed by atoms with Gasteiger partial charge in [0, 0.05) is 6.54 Å². The van der Waals surface area contributed by atoms with Crippen LogP contribution in [0, 0.1) is 12.7 Å². The maximum atomic E-state index is 12.8. The highest BCUT2D eigenvalue weighted by Gasteiger charge is 2.34. The third-order valence-corrected chi connectivity index (χ3v) is 2.16. The highest BCUT2D eigenvalue weighted by Crippen LogP contribution is 2.22. The van der Waals surface area contributed by atoms with Crippen molar-refractivity contribution in [3.63, 3.8) is 0 Å². The lowest BCUT2D eigenvalue weighted by atomic mass is 10.1. The van der Waals surface area contributed by atoms with E-state index in [4.69, 9.17) is 0 Å². The second-order valence-corrected chi connectivity index (χ2v) is 2.95. The van der Waals surface area contributed by atoms with Gasteiger partial charge in [0.25, 0.3) is 11.8 Å². The van der Waals surface area contributed by atoms with E-state index in [1.165, 1.54) is 6.07 Å². The van der Waals surface area contributed by atoms with Crippen LogP contribution in [-0.4, -0.2) is 23.3 Å². The van der Waals surface area contributed by atoms with Crippen LogP contribution in [0.4, 0.5) is 4.39 Å². The molecule has 2 amide bonds. The fourth-order valence-corrected chi connectivity index (χ4v) is 1.47. The van der Waals surface area contributed by atoms with Gasteiger partial charge in [-0.1, -0.05) is 0 Å². The van der Waals surface area contributed by atoms with Crippen LogP contribution in [0.15, 0.2) is 18.2 Å². The lowest BCUT2D eigenvalue weighted by Gasteiger charge is -2.08. The van der Waals surface area contributed by atoms with Crippen molar-refractivity contribution in [2.45, 2.75) is 0 Å². The van der Waals surface area contributed by atoms with Crippen molar-refractivity contribution in [3.8, 4) is 0 Å². The Morgan fingerprint density at radius 1 is 1.21 bits per heavy atom. The number of rotatable bonds is 1. The number of carbonyl (C=O) groups is 2. The second-order valence-electron chi connectivity index (χ2n) is 2.95. The molecule has 1 radical (unpaired) electrons. The van der Waals surface area contributed by atoms with E-state index in [0.717, 1.165) is 17.0 Å². The lowest BCUT2D eigenvalue weighted by molar-refractivity contribution is 0.0671. The average molecular weight is 192 g/mol. The number of carbonyl (C=O) groups excluding carboxylic acids is 2. The highest BCUT2D eigenvalue weighted by atomic mass is 19.1. The Kier molecular flexibility index (Phi) is 1.84. The molecule has 1 aromatic rings. The van der Waals surface area contributed by atoms with Gasteiger partial charge in [0.2, 0.25) is 0 Å². The van der Waals surface area contributed by atoms with Crippen LogP contribution in [0.5, 0.6) is 0 Å². The minimum Gasteiger partial charge on any atom is -0.274 e. The Labute approximate surface area is 80.1 Å². The van der Waals surface area contributed by atoms with Crippen LogP contribution < -0.4 is 0 Å². The Balaban J connectivity index is 2.58. The first-order valence-electron chi connectivity index (χ1n) is 4.10. The fourth-order valence-electron chi connectivity index (χ4n) is 1.47.